The molecule has 0 radical (unpaired) electrons. The van der Waals surface area contributed by atoms with E-state index in [1.54, 1.807) is 6.92 Å². The van der Waals surface area contributed by atoms with E-state index in [0.29, 0.717) is 6.54 Å². The van der Waals surface area contributed by atoms with E-state index in [1.807, 2.05) is 24.3 Å². The van der Waals surface area contributed by atoms with Gasteiger partial charge in [-0.15, -0.1) is 0 Å². The number of carboxylic acid groups (broad SMARTS) is 1. The van der Waals surface area contributed by atoms with Crippen molar-refractivity contribution in [2.75, 3.05) is 11.9 Å². The fourth-order valence-electron chi connectivity index (χ4n) is 1.80. The van der Waals surface area contributed by atoms with Gasteiger partial charge in [0.25, 0.3) is 0 Å². The molecule has 2 rings (SSSR count). The zero-order valence-corrected chi connectivity index (χ0v) is 10.2. The number of rotatable bonds is 4. The maximum atomic E-state index is 10.5. The average Bonchev–Trinajstić information content (AvgIpc) is 2.35. The molecule has 0 aliphatic rings. The number of hydrogen-bond donors (Lipinski definition) is 2. The Balaban J connectivity index is 2.10. The van der Waals surface area contributed by atoms with Crippen LogP contribution in [0, 0.1) is 0 Å². The highest BCUT2D eigenvalue weighted by Gasteiger charge is 1.97. The molecule has 0 aromatic heterocycles. The Morgan fingerprint density at radius 3 is 2.67 bits per heavy atom. The van der Waals surface area contributed by atoms with Crippen molar-refractivity contribution in [3.05, 3.63) is 54.1 Å². The highest BCUT2D eigenvalue weighted by Crippen LogP contribution is 2.18. The molecule has 92 valence electrons. The van der Waals surface area contributed by atoms with Crippen molar-refractivity contribution in [1.29, 1.82) is 0 Å². The van der Waals surface area contributed by atoms with Gasteiger partial charge in [0.05, 0.1) is 0 Å². The molecular formula is C15H15NO2. The third-order valence-electron chi connectivity index (χ3n) is 2.69. The second kappa shape index (κ2) is 5.36. The number of anilines is 1. The van der Waals surface area contributed by atoms with Crippen molar-refractivity contribution in [1.82, 2.24) is 0 Å². The zero-order valence-electron chi connectivity index (χ0n) is 10.2. The molecule has 0 aliphatic carbocycles. The molecule has 0 bridgehead atoms. The minimum atomic E-state index is -0.909. The van der Waals surface area contributed by atoms with Gasteiger partial charge < -0.3 is 10.4 Å². The molecule has 0 saturated carbocycles. The number of nitrogens with one attached hydrogen (secondary N) is 1. The molecule has 0 unspecified atom stereocenters. The summed E-state index contributed by atoms with van der Waals surface area (Å²) in [6.07, 6.45) is 1.22. The van der Waals surface area contributed by atoms with E-state index in [0.717, 1.165) is 11.3 Å². The van der Waals surface area contributed by atoms with Crippen LogP contribution in [0.15, 0.2) is 54.1 Å². The van der Waals surface area contributed by atoms with Gasteiger partial charge in [0.2, 0.25) is 0 Å². The number of carboxylic acids is 1. The summed E-state index contributed by atoms with van der Waals surface area (Å²) in [7, 11) is 0. The molecule has 18 heavy (non-hydrogen) atoms. The quantitative estimate of drug-likeness (QED) is 0.807. The third-order valence-corrected chi connectivity index (χ3v) is 2.69. The Bertz CT molecular complexity index is 602. The van der Waals surface area contributed by atoms with Crippen LogP contribution < -0.4 is 5.32 Å². The highest BCUT2D eigenvalue weighted by atomic mass is 16.4. The molecule has 0 amide bonds. The van der Waals surface area contributed by atoms with Crippen molar-refractivity contribution in [3.63, 3.8) is 0 Å². The summed E-state index contributed by atoms with van der Waals surface area (Å²) in [5, 5.41) is 14.2. The molecule has 0 fully saturated rings. The Hall–Kier alpha value is -2.29. The van der Waals surface area contributed by atoms with Gasteiger partial charge >= 0.3 is 5.97 Å². The maximum Gasteiger partial charge on any atom is 0.328 e. The van der Waals surface area contributed by atoms with E-state index in [4.69, 9.17) is 5.11 Å². The van der Waals surface area contributed by atoms with Crippen molar-refractivity contribution >= 4 is 22.4 Å². The largest absolute Gasteiger partial charge is 0.478 e. The van der Waals surface area contributed by atoms with Gasteiger partial charge in [-0.05, 0) is 35.4 Å². The van der Waals surface area contributed by atoms with Crippen LogP contribution in [0.2, 0.25) is 0 Å². The summed E-state index contributed by atoms with van der Waals surface area (Å²) in [5.41, 5.74) is 1.78. The first kappa shape index (κ1) is 12.2. The van der Waals surface area contributed by atoms with Crippen LogP contribution in [0.1, 0.15) is 6.92 Å². The topological polar surface area (TPSA) is 49.3 Å². The molecule has 0 saturated heterocycles. The van der Waals surface area contributed by atoms with E-state index in [9.17, 15) is 4.79 Å². The summed E-state index contributed by atoms with van der Waals surface area (Å²) in [5.74, 6) is -0.909. The van der Waals surface area contributed by atoms with E-state index in [1.165, 1.54) is 16.8 Å². The lowest BCUT2D eigenvalue weighted by atomic mass is 10.1. The lowest BCUT2D eigenvalue weighted by molar-refractivity contribution is -0.131. The lowest BCUT2D eigenvalue weighted by Crippen LogP contribution is -2.04. The summed E-state index contributed by atoms with van der Waals surface area (Å²) < 4.78 is 0. The molecule has 2 aromatic carbocycles. The van der Waals surface area contributed by atoms with Crippen LogP contribution in [0.4, 0.5) is 5.69 Å². The summed E-state index contributed by atoms with van der Waals surface area (Å²) in [6.45, 7) is 2.33. The SMILES string of the molecule is C/C(=C/C(=O)O)CNc1ccc2ccccc2c1. The lowest BCUT2D eigenvalue weighted by Gasteiger charge is -2.07. The molecule has 2 N–H and O–H groups in total. The van der Waals surface area contributed by atoms with Crippen LogP contribution in [0.5, 0.6) is 0 Å². The predicted octanol–water partition coefficient (Wildman–Crippen LogP) is 3.28. The molecule has 0 spiro atoms. The van der Waals surface area contributed by atoms with E-state index < -0.39 is 5.97 Å². The summed E-state index contributed by atoms with van der Waals surface area (Å²) in [4.78, 5) is 10.5. The van der Waals surface area contributed by atoms with Gasteiger partial charge in [0.1, 0.15) is 0 Å². The minimum Gasteiger partial charge on any atom is -0.478 e. The molecular weight excluding hydrogens is 226 g/mol. The van der Waals surface area contributed by atoms with Gasteiger partial charge in [-0.25, -0.2) is 4.79 Å². The fourth-order valence-corrected chi connectivity index (χ4v) is 1.80. The van der Waals surface area contributed by atoms with Crippen molar-refractivity contribution < 1.29 is 9.90 Å². The first-order valence-corrected chi connectivity index (χ1v) is 5.78. The van der Waals surface area contributed by atoms with Crippen molar-refractivity contribution in [2.45, 2.75) is 6.92 Å². The third kappa shape index (κ3) is 3.10. The summed E-state index contributed by atoms with van der Waals surface area (Å²) >= 11 is 0. The predicted molar refractivity (Wildman–Crippen MR) is 73.8 cm³/mol. The Labute approximate surface area is 106 Å². The molecule has 2 aromatic rings. The second-order valence-corrected chi connectivity index (χ2v) is 4.24. The normalized spacial score (nSPS) is 11.5. The first-order chi connectivity index (χ1) is 8.65. The molecule has 0 atom stereocenters. The van der Waals surface area contributed by atoms with Crippen LogP contribution in [-0.4, -0.2) is 17.6 Å². The van der Waals surface area contributed by atoms with Crippen molar-refractivity contribution in [2.24, 2.45) is 0 Å². The average molecular weight is 241 g/mol. The van der Waals surface area contributed by atoms with Gasteiger partial charge in [0, 0.05) is 18.3 Å². The van der Waals surface area contributed by atoms with Crippen LogP contribution in [0.25, 0.3) is 10.8 Å². The van der Waals surface area contributed by atoms with Crippen LogP contribution in [0.3, 0.4) is 0 Å². The first-order valence-electron chi connectivity index (χ1n) is 5.78. The van der Waals surface area contributed by atoms with E-state index >= 15 is 0 Å². The fraction of sp³-hybridized carbons (Fsp3) is 0.133. The Morgan fingerprint density at radius 2 is 1.94 bits per heavy atom. The number of fused-ring (bicyclic) bond motifs is 1. The van der Waals surface area contributed by atoms with Crippen molar-refractivity contribution in [3.8, 4) is 0 Å². The number of benzene rings is 2. The van der Waals surface area contributed by atoms with Gasteiger partial charge in [0.15, 0.2) is 0 Å². The minimum absolute atomic E-state index is 0.532. The Kier molecular flexibility index (Phi) is 3.63. The molecule has 3 heteroatoms. The standard InChI is InChI=1S/C15H15NO2/c1-11(8-15(17)18)10-16-14-7-6-12-4-2-3-5-13(12)9-14/h2-9,16H,10H2,1H3,(H,17,18)/b11-8-. The monoisotopic (exact) mass is 241 g/mol. The van der Waals surface area contributed by atoms with Gasteiger partial charge in [-0.3, -0.25) is 0 Å². The molecule has 3 nitrogen and oxygen atoms in total. The maximum absolute atomic E-state index is 10.5. The zero-order chi connectivity index (χ0) is 13.0. The Morgan fingerprint density at radius 1 is 1.22 bits per heavy atom. The van der Waals surface area contributed by atoms with Crippen LogP contribution >= 0.6 is 0 Å². The second-order valence-electron chi connectivity index (χ2n) is 4.24. The van der Waals surface area contributed by atoms with Gasteiger partial charge in [-0.1, -0.05) is 30.3 Å². The highest BCUT2D eigenvalue weighted by molar-refractivity contribution is 5.85. The molecule has 0 aliphatic heterocycles. The van der Waals surface area contributed by atoms with Gasteiger partial charge in [-0.2, -0.15) is 0 Å². The number of carbonyl (C=O) groups is 1. The van der Waals surface area contributed by atoms with E-state index in [-0.39, 0.29) is 0 Å². The number of aliphatic carboxylic acids is 1. The number of hydrogen-bond acceptors (Lipinski definition) is 2. The van der Waals surface area contributed by atoms with Crippen LogP contribution in [-0.2, 0) is 4.79 Å². The summed E-state index contributed by atoms with van der Waals surface area (Å²) in [6, 6.07) is 14.2. The molecule has 0 heterocycles. The van der Waals surface area contributed by atoms with E-state index in [2.05, 4.69) is 23.5 Å². The smallest absolute Gasteiger partial charge is 0.328 e.